The zero-order valence-electron chi connectivity index (χ0n) is 6.89. The summed E-state index contributed by atoms with van der Waals surface area (Å²) in [6, 6.07) is 0.650. The minimum atomic E-state index is -4.53. The molecule has 1 aromatic rings. The molecule has 0 saturated heterocycles. The predicted octanol–water partition coefficient (Wildman–Crippen LogP) is 3.13. The minimum absolute atomic E-state index is 0.214. The summed E-state index contributed by atoms with van der Waals surface area (Å²) in [5.74, 6) is 0. The lowest BCUT2D eigenvalue weighted by Gasteiger charge is -2.07. The maximum absolute atomic E-state index is 12.2. The van der Waals surface area contributed by atoms with E-state index in [-0.39, 0.29) is 10.7 Å². The summed E-state index contributed by atoms with van der Waals surface area (Å²) >= 11 is 10.8. The monoisotopic (exact) mass is 258 g/mol. The van der Waals surface area contributed by atoms with Crippen LogP contribution >= 0.6 is 23.2 Å². The summed E-state index contributed by atoms with van der Waals surface area (Å²) in [5.41, 5.74) is -1.22. The molecule has 0 bridgehead atoms. The molecule has 0 unspecified atom stereocenters. The first-order valence-corrected chi connectivity index (χ1v) is 4.22. The molecule has 0 amide bonds. The van der Waals surface area contributed by atoms with E-state index in [1.807, 2.05) is 0 Å². The predicted molar refractivity (Wildman–Crippen MR) is 48.4 cm³/mol. The number of oxime groups is 1. The van der Waals surface area contributed by atoms with Gasteiger partial charge in [-0.25, -0.2) is 0 Å². The van der Waals surface area contributed by atoms with Gasteiger partial charge in [-0.15, -0.1) is 0 Å². The summed E-state index contributed by atoms with van der Waals surface area (Å²) in [7, 11) is 0. The Morgan fingerprint density at radius 1 is 1.47 bits per heavy atom. The fraction of sp³-hybridized carbons (Fsp3) is 0.143. The molecule has 0 saturated carbocycles. The van der Waals surface area contributed by atoms with Crippen LogP contribution in [0.4, 0.5) is 13.2 Å². The molecule has 1 N–H and O–H groups in total. The van der Waals surface area contributed by atoms with E-state index in [4.69, 9.17) is 28.4 Å². The molecule has 82 valence electrons. The number of aromatic nitrogens is 1. The molecule has 0 aromatic carbocycles. The average Bonchev–Trinajstić information content (AvgIpc) is 2.15. The first-order valence-electron chi connectivity index (χ1n) is 3.47. The van der Waals surface area contributed by atoms with E-state index >= 15 is 0 Å². The van der Waals surface area contributed by atoms with Gasteiger partial charge < -0.3 is 5.21 Å². The smallest absolute Gasteiger partial charge is 0.410 e. The van der Waals surface area contributed by atoms with Crippen LogP contribution in [0.15, 0.2) is 17.4 Å². The lowest BCUT2D eigenvalue weighted by atomic mass is 10.2. The van der Waals surface area contributed by atoms with Crippen LogP contribution in [0, 0.1) is 0 Å². The lowest BCUT2D eigenvalue weighted by Crippen LogP contribution is -2.07. The second-order valence-electron chi connectivity index (χ2n) is 2.44. The Bertz CT molecular complexity index is 406. The van der Waals surface area contributed by atoms with Crippen LogP contribution in [0.1, 0.15) is 11.3 Å². The van der Waals surface area contributed by atoms with Crippen molar-refractivity contribution in [2.24, 2.45) is 5.16 Å². The fourth-order valence-electron chi connectivity index (χ4n) is 0.792. The van der Waals surface area contributed by atoms with E-state index in [2.05, 4.69) is 10.1 Å². The molecule has 0 fully saturated rings. The van der Waals surface area contributed by atoms with Crippen LogP contribution in [0.2, 0.25) is 5.02 Å². The third kappa shape index (κ3) is 2.73. The number of hydrogen-bond donors (Lipinski definition) is 1. The largest absolute Gasteiger partial charge is 0.417 e. The quantitative estimate of drug-likeness (QED) is 0.478. The Morgan fingerprint density at radius 2 is 2.07 bits per heavy atom. The third-order valence-corrected chi connectivity index (χ3v) is 1.99. The number of halogens is 5. The highest BCUT2D eigenvalue weighted by molar-refractivity contribution is 6.70. The van der Waals surface area contributed by atoms with Crippen molar-refractivity contribution in [1.82, 2.24) is 4.98 Å². The topological polar surface area (TPSA) is 45.5 Å². The highest BCUT2D eigenvalue weighted by atomic mass is 35.5. The van der Waals surface area contributed by atoms with Crippen molar-refractivity contribution < 1.29 is 18.4 Å². The zero-order valence-corrected chi connectivity index (χ0v) is 8.40. The molecule has 0 atom stereocenters. The van der Waals surface area contributed by atoms with Crippen molar-refractivity contribution in [3.8, 4) is 0 Å². The van der Waals surface area contributed by atoms with Crippen molar-refractivity contribution in [1.29, 1.82) is 0 Å². The maximum Gasteiger partial charge on any atom is 0.417 e. The summed E-state index contributed by atoms with van der Waals surface area (Å²) < 4.78 is 36.5. The van der Waals surface area contributed by atoms with Crippen molar-refractivity contribution in [3.63, 3.8) is 0 Å². The molecule has 0 aliphatic heterocycles. The molecule has 1 heterocycles. The number of nitrogens with zero attached hydrogens (tertiary/aromatic N) is 2. The van der Waals surface area contributed by atoms with Gasteiger partial charge in [0.25, 0.3) is 0 Å². The van der Waals surface area contributed by atoms with Gasteiger partial charge in [0.05, 0.1) is 10.6 Å². The van der Waals surface area contributed by atoms with E-state index < -0.39 is 16.9 Å². The Balaban J connectivity index is 3.21. The van der Waals surface area contributed by atoms with Gasteiger partial charge in [-0.3, -0.25) is 4.98 Å². The lowest BCUT2D eigenvalue weighted by molar-refractivity contribution is -0.137. The van der Waals surface area contributed by atoms with Crippen LogP contribution < -0.4 is 0 Å². The molecular weight excluding hydrogens is 256 g/mol. The van der Waals surface area contributed by atoms with E-state index in [1.165, 1.54) is 0 Å². The van der Waals surface area contributed by atoms with Crippen LogP contribution in [0.3, 0.4) is 0 Å². The highest BCUT2D eigenvalue weighted by Crippen LogP contribution is 2.31. The third-order valence-electron chi connectivity index (χ3n) is 1.45. The number of rotatable bonds is 1. The van der Waals surface area contributed by atoms with Gasteiger partial charge in [-0.2, -0.15) is 13.2 Å². The Kier molecular flexibility index (Phi) is 3.41. The van der Waals surface area contributed by atoms with Gasteiger partial charge in [0, 0.05) is 6.20 Å². The fourth-order valence-corrected chi connectivity index (χ4v) is 1.25. The molecule has 8 heteroatoms. The van der Waals surface area contributed by atoms with E-state index in [9.17, 15) is 13.2 Å². The van der Waals surface area contributed by atoms with Crippen LogP contribution in [0.5, 0.6) is 0 Å². The van der Waals surface area contributed by atoms with Crippen LogP contribution in [0.25, 0.3) is 0 Å². The first kappa shape index (κ1) is 12.1. The average molecular weight is 259 g/mol. The molecule has 0 aliphatic carbocycles. The molecule has 1 aromatic heterocycles. The normalized spacial score (nSPS) is 13.0. The highest BCUT2D eigenvalue weighted by Gasteiger charge is 2.31. The number of hydrogen-bond acceptors (Lipinski definition) is 3. The summed E-state index contributed by atoms with van der Waals surface area (Å²) in [6.07, 6.45) is -3.98. The Labute approximate surface area is 92.1 Å². The van der Waals surface area contributed by atoms with Gasteiger partial charge in [0.15, 0.2) is 5.17 Å². The van der Waals surface area contributed by atoms with Crippen molar-refractivity contribution in [2.75, 3.05) is 0 Å². The zero-order chi connectivity index (χ0) is 11.6. The van der Waals surface area contributed by atoms with Gasteiger partial charge in [0.2, 0.25) is 0 Å². The Morgan fingerprint density at radius 3 is 2.47 bits per heavy atom. The molecule has 1 rings (SSSR count). The Hall–Kier alpha value is -1.01. The standard InChI is InChI=1S/C7H3Cl2F3N2O/c8-4-1-3(7(10,11)12)2-13-5(4)6(9)14-15/h1-2,15H. The van der Waals surface area contributed by atoms with Crippen LogP contribution in [-0.4, -0.2) is 15.4 Å². The van der Waals surface area contributed by atoms with Gasteiger partial charge in [-0.1, -0.05) is 28.4 Å². The van der Waals surface area contributed by atoms with Gasteiger partial charge in [0.1, 0.15) is 5.69 Å². The first-order chi connectivity index (χ1) is 6.86. The molecule has 0 spiro atoms. The second kappa shape index (κ2) is 4.24. The van der Waals surface area contributed by atoms with E-state index in [0.29, 0.717) is 12.3 Å². The molecule has 3 nitrogen and oxygen atoms in total. The maximum atomic E-state index is 12.2. The molecule has 0 aliphatic rings. The summed E-state index contributed by atoms with van der Waals surface area (Å²) in [6.45, 7) is 0. The summed E-state index contributed by atoms with van der Waals surface area (Å²) in [4.78, 5) is 3.34. The molecular formula is C7H3Cl2F3N2O. The van der Waals surface area contributed by atoms with E-state index in [0.717, 1.165) is 0 Å². The van der Waals surface area contributed by atoms with Crippen molar-refractivity contribution in [3.05, 3.63) is 28.5 Å². The van der Waals surface area contributed by atoms with Gasteiger partial charge in [-0.05, 0) is 6.07 Å². The minimum Gasteiger partial charge on any atom is -0.410 e. The SMILES string of the molecule is ON=C(Cl)c1ncc(C(F)(F)F)cc1Cl. The number of alkyl halides is 3. The molecule has 15 heavy (non-hydrogen) atoms. The second-order valence-corrected chi connectivity index (χ2v) is 3.21. The molecule has 0 radical (unpaired) electrons. The van der Waals surface area contributed by atoms with Crippen molar-refractivity contribution >= 4 is 28.4 Å². The van der Waals surface area contributed by atoms with Crippen molar-refractivity contribution in [2.45, 2.75) is 6.18 Å². The number of pyridine rings is 1. The summed E-state index contributed by atoms with van der Waals surface area (Å²) in [5, 5.41) is 10.0. The van der Waals surface area contributed by atoms with E-state index in [1.54, 1.807) is 0 Å². The van der Waals surface area contributed by atoms with Gasteiger partial charge >= 0.3 is 6.18 Å². The van der Waals surface area contributed by atoms with Crippen LogP contribution in [-0.2, 0) is 6.18 Å².